The summed E-state index contributed by atoms with van der Waals surface area (Å²) < 4.78 is 0. The second-order valence-electron chi connectivity index (χ2n) is 4.42. The third-order valence-corrected chi connectivity index (χ3v) is 4.08. The van der Waals surface area contributed by atoms with E-state index in [0.29, 0.717) is 12.0 Å². The van der Waals surface area contributed by atoms with E-state index in [1.165, 1.54) is 10.7 Å². The van der Waals surface area contributed by atoms with Gasteiger partial charge in [0.1, 0.15) is 0 Å². The molecule has 0 saturated carbocycles. The zero-order valence-electron chi connectivity index (χ0n) is 9.85. The third kappa shape index (κ3) is 3.17. The second kappa shape index (κ2) is 5.96. The van der Waals surface area contributed by atoms with Crippen molar-refractivity contribution < 1.29 is 0 Å². The summed E-state index contributed by atoms with van der Waals surface area (Å²) in [6, 6.07) is 0.342. The number of rotatable bonds is 3. The molecule has 1 fully saturated rings. The largest absolute Gasteiger partial charge is 0.326 e. The fourth-order valence-corrected chi connectivity index (χ4v) is 2.77. The topological polar surface area (TPSA) is 42.2 Å². The molecule has 1 aliphatic heterocycles. The monoisotopic (exact) mass is 261 g/mol. The fraction of sp³-hybridized carbons (Fsp3) is 0.727. The van der Waals surface area contributed by atoms with Crippen LogP contribution in [0.4, 0.5) is 0 Å². The molecule has 92 valence electrons. The summed E-state index contributed by atoms with van der Waals surface area (Å²) in [5.41, 5.74) is 7.20. The van der Waals surface area contributed by atoms with Crippen LogP contribution in [0.2, 0.25) is 0 Å². The summed E-state index contributed by atoms with van der Waals surface area (Å²) in [6.45, 7) is 7.47. The van der Waals surface area contributed by atoms with Gasteiger partial charge in [0.05, 0.1) is 10.7 Å². The Labute approximate surface area is 107 Å². The van der Waals surface area contributed by atoms with Gasteiger partial charge in [0.2, 0.25) is 0 Å². The molecule has 5 heteroatoms. The molecule has 2 heterocycles. The van der Waals surface area contributed by atoms with Crippen LogP contribution in [0.1, 0.15) is 24.5 Å². The SMILES string of the molecule is CCc1nc(CN2CC(C)C(N)C2)cs1.Cl. The first-order valence-electron chi connectivity index (χ1n) is 5.60. The smallest absolute Gasteiger partial charge is 0.0926 e. The van der Waals surface area contributed by atoms with Gasteiger partial charge in [-0.2, -0.15) is 0 Å². The van der Waals surface area contributed by atoms with E-state index < -0.39 is 0 Å². The highest BCUT2D eigenvalue weighted by atomic mass is 35.5. The molecule has 0 amide bonds. The maximum absolute atomic E-state index is 5.99. The van der Waals surface area contributed by atoms with Gasteiger partial charge in [-0.3, -0.25) is 4.90 Å². The number of hydrogen-bond acceptors (Lipinski definition) is 4. The minimum Gasteiger partial charge on any atom is -0.326 e. The van der Waals surface area contributed by atoms with Crippen molar-refractivity contribution in [3.05, 3.63) is 16.1 Å². The Bertz CT molecular complexity index is 319. The molecule has 2 N–H and O–H groups in total. The molecule has 1 aromatic heterocycles. The highest BCUT2D eigenvalue weighted by Crippen LogP contribution is 2.18. The highest BCUT2D eigenvalue weighted by Gasteiger charge is 2.26. The Morgan fingerprint density at radius 2 is 2.31 bits per heavy atom. The van der Waals surface area contributed by atoms with Crippen LogP contribution < -0.4 is 5.73 Å². The van der Waals surface area contributed by atoms with Crippen molar-refractivity contribution in [2.45, 2.75) is 32.9 Å². The van der Waals surface area contributed by atoms with Gasteiger partial charge in [-0.05, 0) is 12.3 Å². The Morgan fingerprint density at radius 3 is 2.81 bits per heavy atom. The molecule has 0 bridgehead atoms. The van der Waals surface area contributed by atoms with Gasteiger partial charge in [0.15, 0.2) is 0 Å². The van der Waals surface area contributed by atoms with Crippen molar-refractivity contribution in [2.75, 3.05) is 13.1 Å². The minimum absolute atomic E-state index is 0. The van der Waals surface area contributed by atoms with Crippen LogP contribution in [-0.2, 0) is 13.0 Å². The summed E-state index contributed by atoms with van der Waals surface area (Å²) >= 11 is 1.77. The van der Waals surface area contributed by atoms with Crippen molar-refractivity contribution in [3.8, 4) is 0 Å². The Balaban J connectivity index is 0.00000128. The van der Waals surface area contributed by atoms with E-state index in [9.17, 15) is 0 Å². The molecule has 0 aliphatic carbocycles. The van der Waals surface area contributed by atoms with Gasteiger partial charge in [-0.25, -0.2) is 4.98 Å². The number of aromatic nitrogens is 1. The molecule has 2 unspecified atom stereocenters. The lowest BCUT2D eigenvalue weighted by Gasteiger charge is -2.12. The van der Waals surface area contributed by atoms with Crippen LogP contribution in [-0.4, -0.2) is 29.0 Å². The minimum atomic E-state index is 0. The van der Waals surface area contributed by atoms with E-state index in [2.05, 4.69) is 29.1 Å². The fourth-order valence-electron chi connectivity index (χ4n) is 2.04. The van der Waals surface area contributed by atoms with Gasteiger partial charge in [0.25, 0.3) is 0 Å². The highest BCUT2D eigenvalue weighted by molar-refractivity contribution is 7.09. The maximum atomic E-state index is 5.99. The van der Waals surface area contributed by atoms with E-state index in [4.69, 9.17) is 5.73 Å². The van der Waals surface area contributed by atoms with Crippen molar-refractivity contribution in [1.29, 1.82) is 0 Å². The van der Waals surface area contributed by atoms with Crippen LogP contribution in [0, 0.1) is 5.92 Å². The molecule has 1 aliphatic rings. The summed E-state index contributed by atoms with van der Waals surface area (Å²) in [5.74, 6) is 0.620. The summed E-state index contributed by atoms with van der Waals surface area (Å²) in [7, 11) is 0. The summed E-state index contributed by atoms with van der Waals surface area (Å²) in [6.07, 6.45) is 1.04. The predicted molar refractivity (Wildman–Crippen MR) is 71.2 cm³/mol. The molecule has 2 rings (SSSR count). The van der Waals surface area contributed by atoms with Crippen LogP contribution in [0.25, 0.3) is 0 Å². The van der Waals surface area contributed by atoms with Crippen LogP contribution in [0.3, 0.4) is 0 Å². The normalized spacial score (nSPS) is 25.7. The second-order valence-corrected chi connectivity index (χ2v) is 5.36. The first kappa shape index (κ1) is 13.9. The number of aryl methyl sites for hydroxylation is 1. The molecular formula is C11H20ClN3S. The lowest BCUT2D eigenvalue weighted by Crippen LogP contribution is -2.28. The standard InChI is InChI=1S/C11H19N3S.ClH/c1-3-11-13-9(7-15-11)5-14-4-8(2)10(12)6-14;/h7-8,10H,3-6,12H2,1-2H3;1H. The quantitative estimate of drug-likeness (QED) is 0.904. The summed E-state index contributed by atoms with van der Waals surface area (Å²) in [4.78, 5) is 6.98. The van der Waals surface area contributed by atoms with Crippen LogP contribution >= 0.6 is 23.7 Å². The van der Waals surface area contributed by atoms with Gasteiger partial charge in [-0.15, -0.1) is 23.7 Å². The molecule has 1 saturated heterocycles. The zero-order chi connectivity index (χ0) is 10.8. The molecule has 0 radical (unpaired) electrons. The molecular weight excluding hydrogens is 242 g/mol. The van der Waals surface area contributed by atoms with E-state index in [1.807, 2.05) is 0 Å². The van der Waals surface area contributed by atoms with Crippen LogP contribution in [0.5, 0.6) is 0 Å². The first-order chi connectivity index (χ1) is 7.19. The van der Waals surface area contributed by atoms with Gasteiger partial charge in [0, 0.05) is 31.1 Å². The van der Waals surface area contributed by atoms with Crippen molar-refractivity contribution >= 4 is 23.7 Å². The van der Waals surface area contributed by atoms with E-state index in [0.717, 1.165) is 26.1 Å². The number of thiazole rings is 1. The van der Waals surface area contributed by atoms with Gasteiger partial charge >= 0.3 is 0 Å². The van der Waals surface area contributed by atoms with E-state index >= 15 is 0 Å². The Morgan fingerprint density at radius 1 is 1.56 bits per heavy atom. The lowest BCUT2D eigenvalue weighted by atomic mass is 10.1. The lowest BCUT2D eigenvalue weighted by molar-refractivity contribution is 0.315. The average Bonchev–Trinajstić information content (AvgIpc) is 2.76. The molecule has 0 spiro atoms. The van der Waals surface area contributed by atoms with E-state index in [1.54, 1.807) is 11.3 Å². The van der Waals surface area contributed by atoms with Crippen molar-refractivity contribution in [3.63, 3.8) is 0 Å². The van der Waals surface area contributed by atoms with Gasteiger partial charge in [-0.1, -0.05) is 13.8 Å². The Kier molecular flexibility index (Phi) is 5.18. The molecule has 0 aromatic carbocycles. The van der Waals surface area contributed by atoms with E-state index in [-0.39, 0.29) is 12.4 Å². The Hall–Kier alpha value is -0.160. The number of likely N-dealkylation sites (tertiary alicyclic amines) is 1. The average molecular weight is 262 g/mol. The zero-order valence-corrected chi connectivity index (χ0v) is 11.5. The molecule has 16 heavy (non-hydrogen) atoms. The third-order valence-electron chi connectivity index (χ3n) is 3.03. The number of hydrogen-bond donors (Lipinski definition) is 1. The van der Waals surface area contributed by atoms with Crippen LogP contribution in [0.15, 0.2) is 5.38 Å². The number of nitrogens with zero attached hydrogens (tertiary/aromatic N) is 2. The first-order valence-corrected chi connectivity index (χ1v) is 6.48. The molecule has 2 atom stereocenters. The molecule has 3 nitrogen and oxygen atoms in total. The summed E-state index contributed by atoms with van der Waals surface area (Å²) in [5, 5.41) is 3.41. The maximum Gasteiger partial charge on any atom is 0.0926 e. The van der Waals surface area contributed by atoms with Crippen molar-refractivity contribution in [1.82, 2.24) is 9.88 Å². The van der Waals surface area contributed by atoms with Gasteiger partial charge < -0.3 is 5.73 Å². The number of nitrogens with two attached hydrogens (primary N) is 1. The number of halogens is 1. The van der Waals surface area contributed by atoms with Crippen molar-refractivity contribution in [2.24, 2.45) is 11.7 Å². The molecule has 1 aromatic rings. The predicted octanol–water partition coefficient (Wildman–Crippen LogP) is 1.91.